The molecule has 2 fully saturated rings. The first-order valence-corrected chi connectivity index (χ1v) is 5.72. The number of urea groups is 1. The van der Waals surface area contributed by atoms with E-state index < -0.39 is 11.6 Å². The number of nitrogens with two attached hydrogens (primary N) is 1. The van der Waals surface area contributed by atoms with Gasteiger partial charge in [0.25, 0.3) is 5.91 Å². The predicted octanol–water partition coefficient (Wildman–Crippen LogP) is 0.484. The highest BCUT2D eigenvalue weighted by molar-refractivity contribution is 6.23. The molecule has 6 nitrogen and oxygen atoms in total. The van der Waals surface area contributed by atoms with Gasteiger partial charge in [-0.15, -0.1) is 0 Å². The number of hydrogen-bond acceptors (Lipinski definition) is 4. The van der Waals surface area contributed by atoms with Crippen molar-refractivity contribution in [1.29, 1.82) is 0 Å². The lowest BCUT2D eigenvalue weighted by Crippen LogP contribution is -2.47. The van der Waals surface area contributed by atoms with Gasteiger partial charge in [0.2, 0.25) is 0 Å². The number of rotatable bonds is 1. The summed E-state index contributed by atoms with van der Waals surface area (Å²) >= 11 is 0. The van der Waals surface area contributed by atoms with Crippen molar-refractivity contribution in [2.45, 2.75) is 12.0 Å². The van der Waals surface area contributed by atoms with Gasteiger partial charge in [-0.05, 0) is 24.3 Å². The van der Waals surface area contributed by atoms with Gasteiger partial charge in [0.05, 0.1) is 12.3 Å². The fourth-order valence-corrected chi connectivity index (χ4v) is 2.31. The lowest BCUT2D eigenvalue weighted by Gasteiger charge is -2.18. The van der Waals surface area contributed by atoms with Crippen molar-refractivity contribution in [3.05, 3.63) is 24.3 Å². The van der Waals surface area contributed by atoms with Gasteiger partial charge < -0.3 is 15.8 Å². The third-order valence-corrected chi connectivity index (χ3v) is 3.33. The lowest BCUT2D eigenvalue weighted by molar-refractivity contribution is -0.122. The Morgan fingerprint density at radius 2 is 2.00 bits per heavy atom. The van der Waals surface area contributed by atoms with Crippen LogP contribution >= 0.6 is 0 Å². The van der Waals surface area contributed by atoms with Crippen LogP contribution in [-0.2, 0) is 9.53 Å². The lowest BCUT2D eigenvalue weighted by atomic mass is 9.99. The zero-order chi connectivity index (χ0) is 12.8. The van der Waals surface area contributed by atoms with Crippen molar-refractivity contribution in [3.8, 4) is 0 Å². The van der Waals surface area contributed by atoms with Crippen molar-refractivity contribution < 1.29 is 14.3 Å². The van der Waals surface area contributed by atoms with Crippen LogP contribution in [0.25, 0.3) is 0 Å². The highest BCUT2D eigenvalue weighted by atomic mass is 16.5. The molecular formula is C12H13N3O3. The molecule has 1 aromatic rings. The van der Waals surface area contributed by atoms with Crippen LogP contribution in [0.3, 0.4) is 0 Å². The quantitative estimate of drug-likeness (QED) is 0.558. The average Bonchev–Trinajstić information content (AvgIpc) is 2.89. The van der Waals surface area contributed by atoms with E-state index in [2.05, 4.69) is 5.32 Å². The van der Waals surface area contributed by atoms with Crippen LogP contribution in [0.5, 0.6) is 0 Å². The molecule has 0 aliphatic carbocycles. The Kier molecular flexibility index (Phi) is 2.27. The molecule has 2 heterocycles. The molecule has 3 amide bonds. The molecule has 2 saturated heterocycles. The van der Waals surface area contributed by atoms with Gasteiger partial charge in [-0.3, -0.25) is 4.79 Å². The van der Waals surface area contributed by atoms with Gasteiger partial charge >= 0.3 is 6.03 Å². The number of carbonyl (C=O) groups excluding carboxylic acids is 2. The van der Waals surface area contributed by atoms with E-state index in [1.807, 2.05) is 0 Å². The van der Waals surface area contributed by atoms with E-state index in [1.165, 1.54) is 0 Å². The molecule has 3 rings (SSSR count). The number of nitrogen functional groups attached to an aromatic ring is 1. The van der Waals surface area contributed by atoms with E-state index in [0.29, 0.717) is 24.4 Å². The summed E-state index contributed by atoms with van der Waals surface area (Å²) in [6, 6.07) is 6.22. The number of nitrogens with zero attached hydrogens (tertiary/aromatic N) is 1. The predicted molar refractivity (Wildman–Crippen MR) is 65.0 cm³/mol. The summed E-state index contributed by atoms with van der Waals surface area (Å²) in [7, 11) is 0. The van der Waals surface area contributed by atoms with Crippen molar-refractivity contribution in [2.75, 3.05) is 23.8 Å². The minimum Gasteiger partial charge on any atom is -0.399 e. The van der Waals surface area contributed by atoms with E-state index in [4.69, 9.17) is 10.5 Å². The largest absolute Gasteiger partial charge is 0.399 e. The summed E-state index contributed by atoms with van der Waals surface area (Å²) in [5, 5.41) is 2.72. The van der Waals surface area contributed by atoms with Gasteiger partial charge in [-0.1, -0.05) is 0 Å². The maximum absolute atomic E-state index is 12.4. The van der Waals surface area contributed by atoms with Crippen LogP contribution in [0.4, 0.5) is 16.2 Å². The molecule has 1 aromatic carbocycles. The summed E-state index contributed by atoms with van der Waals surface area (Å²) < 4.78 is 5.22. The minimum atomic E-state index is -0.877. The topological polar surface area (TPSA) is 84.7 Å². The van der Waals surface area contributed by atoms with E-state index in [1.54, 1.807) is 24.3 Å². The van der Waals surface area contributed by atoms with E-state index in [-0.39, 0.29) is 12.5 Å². The summed E-state index contributed by atoms with van der Waals surface area (Å²) in [6.07, 6.45) is 0.517. The van der Waals surface area contributed by atoms with Crippen LogP contribution in [0.2, 0.25) is 0 Å². The second-order valence-corrected chi connectivity index (χ2v) is 4.55. The zero-order valence-corrected chi connectivity index (χ0v) is 9.68. The molecule has 0 radical (unpaired) electrons. The fraction of sp³-hybridized carbons (Fsp3) is 0.333. The molecule has 0 saturated carbocycles. The normalized spacial score (nSPS) is 27.0. The van der Waals surface area contributed by atoms with Crippen LogP contribution in [0, 0.1) is 0 Å². The third-order valence-electron chi connectivity index (χ3n) is 3.33. The van der Waals surface area contributed by atoms with E-state index in [0.717, 1.165) is 4.90 Å². The number of nitrogens with one attached hydrogen (secondary N) is 1. The summed E-state index contributed by atoms with van der Waals surface area (Å²) in [5.74, 6) is -0.255. The molecule has 6 heteroatoms. The summed E-state index contributed by atoms with van der Waals surface area (Å²) in [4.78, 5) is 25.4. The average molecular weight is 247 g/mol. The first-order chi connectivity index (χ1) is 8.62. The number of anilines is 2. The van der Waals surface area contributed by atoms with Gasteiger partial charge in [-0.2, -0.15) is 0 Å². The Morgan fingerprint density at radius 1 is 1.28 bits per heavy atom. The molecule has 2 aliphatic rings. The van der Waals surface area contributed by atoms with Crippen LogP contribution in [-0.4, -0.2) is 30.7 Å². The highest BCUT2D eigenvalue weighted by Crippen LogP contribution is 2.30. The Balaban J connectivity index is 1.95. The second kappa shape index (κ2) is 3.71. The maximum atomic E-state index is 12.4. The SMILES string of the molecule is Nc1ccc(N2C(=O)NC3(CCOC3)C2=O)cc1. The number of ether oxygens (including phenoxy) is 1. The number of hydrogen-bond donors (Lipinski definition) is 2. The third kappa shape index (κ3) is 1.46. The number of benzene rings is 1. The van der Waals surface area contributed by atoms with Crippen LogP contribution in [0.15, 0.2) is 24.3 Å². The van der Waals surface area contributed by atoms with Crippen molar-refractivity contribution in [3.63, 3.8) is 0 Å². The Hall–Kier alpha value is -2.08. The van der Waals surface area contributed by atoms with Crippen molar-refractivity contribution in [2.24, 2.45) is 0 Å². The van der Waals surface area contributed by atoms with E-state index in [9.17, 15) is 9.59 Å². The monoisotopic (exact) mass is 247 g/mol. The Labute approximate surface area is 104 Å². The van der Waals surface area contributed by atoms with Gasteiger partial charge in [0.15, 0.2) is 0 Å². The standard InChI is InChI=1S/C12H13N3O3/c13-8-1-3-9(4-2-8)15-10(16)12(14-11(15)17)5-6-18-7-12/h1-4H,5-7,13H2,(H,14,17). The smallest absolute Gasteiger partial charge is 0.329 e. The van der Waals surface area contributed by atoms with Gasteiger partial charge in [0, 0.05) is 18.7 Å². The maximum Gasteiger partial charge on any atom is 0.329 e. The fourth-order valence-electron chi connectivity index (χ4n) is 2.31. The van der Waals surface area contributed by atoms with Crippen molar-refractivity contribution >= 4 is 23.3 Å². The number of imide groups is 1. The molecule has 3 N–H and O–H groups in total. The molecule has 2 aliphatic heterocycles. The Morgan fingerprint density at radius 3 is 2.61 bits per heavy atom. The molecule has 0 bridgehead atoms. The van der Waals surface area contributed by atoms with Crippen LogP contribution < -0.4 is 16.0 Å². The summed E-state index contributed by atoms with van der Waals surface area (Å²) in [6.45, 7) is 0.727. The molecule has 1 atom stereocenters. The number of carbonyl (C=O) groups is 2. The first kappa shape index (κ1) is 11.0. The minimum absolute atomic E-state index is 0.239. The summed E-state index contributed by atoms with van der Waals surface area (Å²) in [5.41, 5.74) is 5.82. The zero-order valence-electron chi connectivity index (χ0n) is 9.68. The number of amides is 3. The molecular weight excluding hydrogens is 234 g/mol. The van der Waals surface area contributed by atoms with Crippen LogP contribution in [0.1, 0.15) is 6.42 Å². The molecule has 18 heavy (non-hydrogen) atoms. The molecule has 94 valence electrons. The van der Waals surface area contributed by atoms with E-state index >= 15 is 0 Å². The molecule has 1 spiro atoms. The molecule has 1 unspecified atom stereocenters. The first-order valence-electron chi connectivity index (χ1n) is 5.72. The second-order valence-electron chi connectivity index (χ2n) is 4.55. The molecule has 0 aromatic heterocycles. The van der Waals surface area contributed by atoms with Crippen molar-refractivity contribution in [1.82, 2.24) is 5.32 Å². The highest BCUT2D eigenvalue weighted by Gasteiger charge is 2.53. The van der Waals surface area contributed by atoms with Gasteiger partial charge in [-0.25, -0.2) is 9.69 Å². The van der Waals surface area contributed by atoms with Gasteiger partial charge in [0.1, 0.15) is 5.54 Å². The Bertz CT molecular complexity index is 506.